The molecule has 2 saturated carbocycles. The van der Waals surface area contributed by atoms with Gasteiger partial charge in [0.25, 0.3) is 0 Å². The zero-order chi connectivity index (χ0) is 33.2. The Morgan fingerprint density at radius 1 is 1.08 bits per heavy atom. The average molecular weight is 660 g/mol. The Bertz CT molecular complexity index is 1880. The van der Waals surface area contributed by atoms with Gasteiger partial charge in [-0.15, -0.1) is 0 Å². The second kappa shape index (κ2) is 12.0. The lowest BCUT2D eigenvalue weighted by atomic mass is 9.75. The van der Waals surface area contributed by atoms with Crippen LogP contribution in [0.1, 0.15) is 64.4 Å². The van der Waals surface area contributed by atoms with Crippen molar-refractivity contribution in [1.82, 2.24) is 19.9 Å². The van der Waals surface area contributed by atoms with Crippen LogP contribution in [0.4, 0.5) is 14.6 Å². The first-order valence-electron chi connectivity index (χ1n) is 17.4. The third kappa shape index (κ3) is 5.53. The predicted molar refractivity (Wildman–Crippen MR) is 179 cm³/mol. The third-order valence-corrected chi connectivity index (χ3v) is 11.0. The highest BCUT2D eigenvalue weighted by molar-refractivity contribution is 6.01. The zero-order valence-corrected chi connectivity index (χ0v) is 27.6. The molecule has 3 unspecified atom stereocenters. The highest BCUT2D eigenvalue weighted by atomic mass is 19.1. The van der Waals surface area contributed by atoms with Gasteiger partial charge in [-0.2, -0.15) is 9.97 Å². The topological polar surface area (TPSA) is 104 Å². The molecule has 0 spiro atoms. The van der Waals surface area contributed by atoms with Crippen LogP contribution in [0, 0.1) is 17.0 Å². The predicted octanol–water partition coefficient (Wildman–Crippen LogP) is 6.15. The van der Waals surface area contributed by atoms with Crippen LogP contribution in [0.2, 0.25) is 0 Å². The summed E-state index contributed by atoms with van der Waals surface area (Å²) in [6, 6.07) is 7.14. The molecular formula is C37H43F2N5O4. The van der Waals surface area contributed by atoms with E-state index in [-0.39, 0.29) is 47.1 Å². The van der Waals surface area contributed by atoms with E-state index >= 15 is 8.78 Å². The van der Waals surface area contributed by atoms with Crippen LogP contribution in [0.5, 0.6) is 11.8 Å². The number of piperidine rings is 1. The molecule has 4 fully saturated rings. The van der Waals surface area contributed by atoms with Gasteiger partial charge in [0.1, 0.15) is 34.2 Å². The minimum Gasteiger partial charge on any atom is -0.508 e. The summed E-state index contributed by atoms with van der Waals surface area (Å²) < 4.78 is 44.2. The summed E-state index contributed by atoms with van der Waals surface area (Å²) in [5.41, 5.74) is -0.494. The average Bonchev–Trinajstić information content (AvgIpc) is 3.85. The zero-order valence-electron chi connectivity index (χ0n) is 27.6. The summed E-state index contributed by atoms with van der Waals surface area (Å²) in [5, 5.41) is 23.1. The minimum absolute atomic E-state index is 0.00247. The Labute approximate surface area is 278 Å². The van der Waals surface area contributed by atoms with E-state index in [4.69, 9.17) is 14.5 Å². The first-order chi connectivity index (χ1) is 23.2. The molecule has 4 heterocycles. The van der Waals surface area contributed by atoms with Gasteiger partial charge < -0.3 is 24.6 Å². The van der Waals surface area contributed by atoms with Gasteiger partial charge in [0.15, 0.2) is 5.82 Å². The molecule has 2 saturated heterocycles. The molecule has 2 aromatic carbocycles. The van der Waals surface area contributed by atoms with E-state index in [0.717, 1.165) is 38.6 Å². The fraction of sp³-hybridized carbons (Fsp3) is 0.541. The molecule has 4 aliphatic rings. The number of β-amino-alcohol motifs (C(OH)–C–C–N with tert-alkyl or cyclic N) is 1. The maximum absolute atomic E-state index is 17.0. The second-order valence-electron chi connectivity index (χ2n) is 14.6. The van der Waals surface area contributed by atoms with Crippen LogP contribution in [0.15, 0.2) is 30.5 Å². The van der Waals surface area contributed by atoms with Gasteiger partial charge in [-0.25, -0.2) is 8.78 Å². The van der Waals surface area contributed by atoms with Crippen molar-refractivity contribution in [3.8, 4) is 23.0 Å². The van der Waals surface area contributed by atoms with Crippen molar-refractivity contribution in [2.45, 2.75) is 82.9 Å². The number of rotatable bonds is 7. The van der Waals surface area contributed by atoms with Gasteiger partial charge in [-0.3, -0.25) is 9.88 Å². The van der Waals surface area contributed by atoms with Crippen LogP contribution < -0.4 is 9.64 Å². The smallest absolute Gasteiger partial charge is 0.319 e. The highest BCUT2D eigenvalue weighted by Crippen LogP contribution is 2.51. The van der Waals surface area contributed by atoms with E-state index in [1.807, 2.05) is 11.8 Å². The van der Waals surface area contributed by atoms with Crippen LogP contribution in [0.3, 0.4) is 0 Å². The summed E-state index contributed by atoms with van der Waals surface area (Å²) in [6.45, 7) is 6.27. The van der Waals surface area contributed by atoms with Gasteiger partial charge >= 0.3 is 6.01 Å². The molecule has 0 bridgehead atoms. The number of hydrogen-bond acceptors (Lipinski definition) is 9. The van der Waals surface area contributed by atoms with Crippen molar-refractivity contribution < 1.29 is 28.5 Å². The number of halogens is 2. The number of aromatic hydroxyl groups is 1. The molecule has 48 heavy (non-hydrogen) atoms. The van der Waals surface area contributed by atoms with Gasteiger partial charge in [0.05, 0.1) is 31.8 Å². The summed E-state index contributed by atoms with van der Waals surface area (Å²) in [5.74, 6) is -0.791. The van der Waals surface area contributed by atoms with E-state index < -0.39 is 17.2 Å². The Balaban J connectivity index is 1.25. The first-order valence-corrected chi connectivity index (χ1v) is 17.4. The third-order valence-electron chi connectivity index (χ3n) is 11.0. The molecule has 3 atom stereocenters. The normalized spacial score (nSPS) is 26.6. The van der Waals surface area contributed by atoms with E-state index in [1.54, 1.807) is 19.1 Å². The largest absolute Gasteiger partial charge is 0.508 e. The van der Waals surface area contributed by atoms with Crippen LogP contribution >= 0.6 is 0 Å². The van der Waals surface area contributed by atoms with Crippen molar-refractivity contribution in [1.29, 1.82) is 0 Å². The number of pyridine rings is 1. The lowest BCUT2D eigenvalue weighted by Crippen LogP contribution is -2.52. The van der Waals surface area contributed by atoms with Gasteiger partial charge in [-0.1, -0.05) is 19.4 Å². The number of phenolic OH excluding ortho intramolecular Hbond substituents is 1. The van der Waals surface area contributed by atoms with E-state index in [2.05, 4.69) is 14.9 Å². The van der Waals surface area contributed by atoms with Crippen molar-refractivity contribution in [3.05, 3.63) is 47.7 Å². The summed E-state index contributed by atoms with van der Waals surface area (Å²) in [7, 11) is 0. The molecule has 2 aliphatic heterocycles. The maximum atomic E-state index is 17.0. The second-order valence-corrected chi connectivity index (χ2v) is 14.6. The minimum atomic E-state index is -1.16. The number of aromatic nitrogens is 3. The summed E-state index contributed by atoms with van der Waals surface area (Å²) >= 11 is 0. The number of nitrogens with zero attached hydrogens (tertiary/aromatic N) is 5. The van der Waals surface area contributed by atoms with Crippen molar-refractivity contribution in [2.24, 2.45) is 5.41 Å². The van der Waals surface area contributed by atoms with Gasteiger partial charge in [0.2, 0.25) is 0 Å². The lowest BCUT2D eigenvalue weighted by Gasteiger charge is -2.46. The van der Waals surface area contributed by atoms with Crippen LogP contribution in [-0.4, -0.2) is 87.2 Å². The van der Waals surface area contributed by atoms with Gasteiger partial charge in [0, 0.05) is 35.8 Å². The number of anilines is 1. The molecular weight excluding hydrogens is 616 g/mol. The molecule has 4 aromatic rings. The number of aryl methyl sites for hydroxylation is 1. The molecule has 8 rings (SSSR count). The molecule has 2 aromatic heterocycles. The lowest BCUT2D eigenvalue weighted by molar-refractivity contribution is -0.0123. The number of benzene rings is 2. The quantitative estimate of drug-likeness (QED) is 0.242. The molecule has 0 radical (unpaired) electrons. The Morgan fingerprint density at radius 3 is 2.73 bits per heavy atom. The first kappa shape index (κ1) is 31.6. The van der Waals surface area contributed by atoms with Crippen molar-refractivity contribution in [2.75, 3.05) is 44.4 Å². The maximum Gasteiger partial charge on any atom is 0.319 e. The van der Waals surface area contributed by atoms with Crippen molar-refractivity contribution in [3.63, 3.8) is 0 Å². The fourth-order valence-electron chi connectivity index (χ4n) is 8.72. The molecule has 0 amide bonds. The number of phenols is 1. The molecule has 2 N–H and O–H groups in total. The Morgan fingerprint density at radius 2 is 1.92 bits per heavy atom. The molecule has 9 nitrogen and oxygen atoms in total. The van der Waals surface area contributed by atoms with E-state index in [9.17, 15) is 10.2 Å². The van der Waals surface area contributed by atoms with Gasteiger partial charge in [-0.05, 0) is 92.9 Å². The monoisotopic (exact) mass is 659 g/mol. The molecule has 2 aliphatic carbocycles. The molecule has 11 heteroatoms. The van der Waals surface area contributed by atoms with E-state index in [1.165, 1.54) is 31.2 Å². The van der Waals surface area contributed by atoms with Crippen molar-refractivity contribution >= 4 is 27.5 Å². The highest BCUT2D eigenvalue weighted by Gasteiger charge is 2.51. The SMILES string of the molecule is CCc1c(F)ccc2cc(O)cc(-c3ncc4c(N5CCOCC(C)(O)C5)nc(OCC56CCCC5N(C5CC5)CCC6)nc4c3F)c12. The van der Waals surface area contributed by atoms with Crippen LogP contribution in [-0.2, 0) is 11.2 Å². The van der Waals surface area contributed by atoms with E-state index in [0.29, 0.717) is 65.8 Å². The molecule has 254 valence electrons. The Kier molecular flexibility index (Phi) is 7.92. The standard InChI is InChI=1S/C37H43F2N5O4/c1-3-25-28(38)10-7-22-16-24(45)17-26(30(22)25)32-31(39)33-27(18-40-32)34(43-14-15-47-20-36(2,46)19-43)42-35(41-33)48-21-37-11-4-6-29(37)44(13-5-12-37)23-8-9-23/h7,10,16-18,23,29,45-46H,3-6,8-9,11-15,19-21H2,1-2H3. The number of ether oxygens (including phenoxy) is 2. The van der Waals surface area contributed by atoms with Crippen LogP contribution in [0.25, 0.3) is 32.9 Å². The summed E-state index contributed by atoms with van der Waals surface area (Å²) in [6.07, 6.45) is 10.0. The number of aliphatic hydroxyl groups is 1. The Hall–Kier alpha value is -3.67. The number of hydrogen-bond donors (Lipinski definition) is 2. The number of likely N-dealkylation sites (tertiary alicyclic amines) is 1. The number of fused-ring (bicyclic) bond motifs is 3. The summed E-state index contributed by atoms with van der Waals surface area (Å²) in [4.78, 5) is 18.7. The fourth-order valence-corrected chi connectivity index (χ4v) is 8.72.